The summed E-state index contributed by atoms with van der Waals surface area (Å²) in [4.78, 5) is 29.5. The molecule has 220 valence electrons. The van der Waals surface area contributed by atoms with Gasteiger partial charge in [0.1, 0.15) is 0 Å². The van der Waals surface area contributed by atoms with Crippen molar-refractivity contribution >= 4 is 23.5 Å². The molecular weight excluding hydrogens is 548 g/mol. The molecule has 1 aliphatic rings. The highest BCUT2D eigenvalue weighted by atomic mass is 16.7. The van der Waals surface area contributed by atoms with Crippen LogP contribution in [-0.2, 0) is 20.8 Å². The number of aromatic amines is 1. The van der Waals surface area contributed by atoms with E-state index < -0.39 is 12.3 Å². The topological polar surface area (TPSA) is 134 Å². The third kappa shape index (κ3) is 5.97. The first-order chi connectivity index (χ1) is 21.2. The van der Waals surface area contributed by atoms with E-state index in [1.54, 1.807) is 12.1 Å². The summed E-state index contributed by atoms with van der Waals surface area (Å²) in [7, 11) is 0. The van der Waals surface area contributed by atoms with Gasteiger partial charge in [0.2, 0.25) is 6.29 Å². The summed E-state index contributed by atoms with van der Waals surface area (Å²) in [6, 6.07) is 21.8. The molecule has 1 N–H and O–H groups in total. The lowest BCUT2D eigenvalue weighted by molar-refractivity contribution is -0.165. The van der Waals surface area contributed by atoms with Crippen LogP contribution in [0.5, 0.6) is 6.01 Å². The summed E-state index contributed by atoms with van der Waals surface area (Å²) < 4.78 is 18.9. The SMILES string of the molecule is CCOc1nc2cccc(C(=O)OC(OC=O)C3CCCCC3)c2n1Cc1ccc(-c2ccccc2-c2nnn[nH]2)cc1. The van der Waals surface area contributed by atoms with E-state index in [0.717, 1.165) is 54.4 Å². The van der Waals surface area contributed by atoms with Gasteiger partial charge in [-0.25, -0.2) is 9.89 Å². The maximum Gasteiger partial charge on any atom is 0.343 e. The molecule has 2 heterocycles. The number of hydrogen-bond acceptors (Lipinski definition) is 9. The molecule has 11 nitrogen and oxygen atoms in total. The van der Waals surface area contributed by atoms with Crippen LogP contribution in [0.4, 0.5) is 0 Å². The normalized spacial score (nSPS) is 14.3. The minimum Gasteiger partial charge on any atom is -0.465 e. The monoisotopic (exact) mass is 580 g/mol. The summed E-state index contributed by atoms with van der Waals surface area (Å²) in [6.45, 7) is 3.06. The van der Waals surface area contributed by atoms with Crippen LogP contribution in [0.3, 0.4) is 0 Å². The first-order valence-corrected chi connectivity index (χ1v) is 14.5. The molecule has 1 fully saturated rings. The molecule has 0 saturated heterocycles. The van der Waals surface area contributed by atoms with Crippen LogP contribution in [0, 0.1) is 5.92 Å². The van der Waals surface area contributed by atoms with Crippen LogP contribution in [0.15, 0.2) is 66.7 Å². The minimum atomic E-state index is -0.925. The molecule has 6 rings (SSSR count). The van der Waals surface area contributed by atoms with Gasteiger partial charge in [0, 0.05) is 11.5 Å². The molecule has 1 atom stereocenters. The van der Waals surface area contributed by atoms with Crippen molar-refractivity contribution in [3.05, 3.63) is 77.9 Å². The molecule has 2 aromatic heterocycles. The van der Waals surface area contributed by atoms with E-state index in [1.165, 1.54) is 0 Å². The number of aromatic nitrogens is 6. The van der Waals surface area contributed by atoms with Crippen LogP contribution in [0.2, 0.25) is 0 Å². The predicted octanol–water partition coefficient (Wildman–Crippen LogP) is 5.57. The summed E-state index contributed by atoms with van der Waals surface area (Å²) in [5.74, 6) is 0.00522. The number of imidazole rings is 1. The Morgan fingerprint density at radius 1 is 1.02 bits per heavy atom. The standard InChI is InChI=1S/C32H32N6O5/c1-2-41-32-33-27-14-8-13-26(30(40)43-31(42-20-39)23-9-4-3-5-10-23)28(27)38(32)19-21-15-17-22(18-16-21)24-11-6-7-12-25(24)29-34-36-37-35-29/h6-8,11-18,20,23,31H,2-5,9-10,19H2,1H3,(H,34,35,36,37). The zero-order valence-electron chi connectivity index (χ0n) is 23.8. The summed E-state index contributed by atoms with van der Waals surface area (Å²) >= 11 is 0. The van der Waals surface area contributed by atoms with Gasteiger partial charge >= 0.3 is 5.97 Å². The number of rotatable bonds is 11. The third-order valence-electron chi connectivity index (χ3n) is 7.81. The molecule has 1 unspecified atom stereocenters. The van der Waals surface area contributed by atoms with Crippen molar-refractivity contribution in [3.8, 4) is 28.5 Å². The fourth-order valence-electron chi connectivity index (χ4n) is 5.77. The highest BCUT2D eigenvalue weighted by Crippen LogP contribution is 2.33. The maximum absolute atomic E-state index is 13.6. The quantitative estimate of drug-likeness (QED) is 0.121. The van der Waals surface area contributed by atoms with Gasteiger partial charge in [-0.15, -0.1) is 5.10 Å². The smallest absolute Gasteiger partial charge is 0.343 e. The van der Waals surface area contributed by atoms with E-state index in [0.29, 0.717) is 48.1 Å². The summed E-state index contributed by atoms with van der Waals surface area (Å²) in [5.41, 5.74) is 5.40. The molecule has 0 bridgehead atoms. The van der Waals surface area contributed by atoms with Gasteiger partial charge in [0.15, 0.2) is 5.82 Å². The zero-order chi connectivity index (χ0) is 29.6. The van der Waals surface area contributed by atoms with Crippen molar-refractivity contribution in [2.75, 3.05) is 6.61 Å². The van der Waals surface area contributed by atoms with E-state index in [2.05, 4.69) is 25.6 Å². The summed E-state index contributed by atoms with van der Waals surface area (Å²) in [6.07, 6.45) is 3.93. The second-order valence-corrected chi connectivity index (χ2v) is 10.5. The number of nitrogens with zero attached hydrogens (tertiary/aromatic N) is 5. The number of esters is 1. The Bertz CT molecular complexity index is 1690. The second kappa shape index (κ2) is 12.8. The largest absolute Gasteiger partial charge is 0.465 e. The zero-order valence-corrected chi connectivity index (χ0v) is 23.8. The van der Waals surface area contributed by atoms with Crippen LogP contribution >= 0.6 is 0 Å². The second-order valence-electron chi connectivity index (χ2n) is 10.5. The number of carbonyl (C=O) groups excluding carboxylic acids is 2. The third-order valence-corrected chi connectivity index (χ3v) is 7.81. The van der Waals surface area contributed by atoms with Gasteiger partial charge in [0.05, 0.1) is 29.7 Å². The number of benzene rings is 3. The lowest BCUT2D eigenvalue weighted by atomic mass is 9.89. The first-order valence-electron chi connectivity index (χ1n) is 14.5. The van der Waals surface area contributed by atoms with Crippen molar-refractivity contribution in [2.45, 2.75) is 51.9 Å². The fourth-order valence-corrected chi connectivity index (χ4v) is 5.77. The van der Waals surface area contributed by atoms with Crippen molar-refractivity contribution in [2.24, 2.45) is 5.92 Å². The first kappa shape index (κ1) is 28.1. The highest BCUT2D eigenvalue weighted by molar-refractivity contribution is 6.02. The van der Waals surface area contributed by atoms with Gasteiger partial charge in [-0.1, -0.05) is 73.9 Å². The number of para-hydroxylation sites is 1. The van der Waals surface area contributed by atoms with Gasteiger partial charge in [0.25, 0.3) is 12.5 Å². The average Bonchev–Trinajstić information content (AvgIpc) is 3.71. The van der Waals surface area contributed by atoms with E-state index in [1.807, 2.05) is 66.1 Å². The Labute approximate surface area is 248 Å². The molecule has 0 radical (unpaired) electrons. The number of nitrogens with one attached hydrogen (secondary N) is 1. The Kier molecular flexibility index (Phi) is 8.39. The van der Waals surface area contributed by atoms with Gasteiger partial charge in [-0.05, 0) is 59.0 Å². The number of fused-ring (bicyclic) bond motifs is 1. The number of carbonyl (C=O) groups is 2. The summed E-state index contributed by atoms with van der Waals surface area (Å²) in [5, 5.41) is 14.3. The molecule has 3 aromatic carbocycles. The Hall–Kier alpha value is -5.06. The van der Waals surface area contributed by atoms with Gasteiger partial charge in [-0.2, -0.15) is 4.98 Å². The van der Waals surface area contributed by atoms with Crippen molar-refractivity contribution < 1.29 is 23.8 Å². The molecular formula is C32H32N6O5. The molecule has 0 spiro atoms. The molecule has 1 saturated carbocycles. The van der Waals surface area contributed by atoms with Crippen LogP contribution in [-0.4, -0.2) is 55.5 Å². The Morgan fingerprint density at radius 2 is 1.81 bits per heavy atom. The molecule has 5 aromatic rings. The number of H-pyrrole nitrogens is 1. The maximum atomic E-state index is 13.6. The molecule has 11 heteroatoms. The lowest BCUT2D eigenvalue weighted by Crippen LogP contribution is -2.31. The van der Waals surface area contributed by atoms with Gasteiger partial charge in [-0.3, -0.25) is 9.36 Å². The van der Waals surface area contributed by atoms with Crippen molar-refractivity contribution in [3.63, 3.8) is 0 Å². The van der Waals surface area contributed by atoms with E-state index in [-0.39, 0.29) is 5.92 Å². The molecule has 0 amide bonds. The lowest BCUT2D eigenvalue weighted by Gasteiger charge is -2.28. The van der Waals surface area contributed by atoms with Crippen LogP contribution in [0.25, 0.3) is 33.5 Å². The number of ether oxygens (including phenoxy) is 3. The number of tetrazole rings is 1. The van der Waals surface area contributed by atoms with Crippen molar-refractivity contribution in [1.82, 2.24) is 30.2 Å². The molecule has 43 heavy (non-hydrogen) atoms. The number of hydrogen-bond donors (Lipinski definition) is 1. The molecule has 0 aliphatic heterocycles. The Morgan fingerprint density at radius 3 is 2.53 bits per heavy atom. The Balaban J connectivity index is 1.31. The van der Waals surface area contributed by atoms with Crippen molar-refractivity contribution in [1.29, 1.82) is 0 Å². The van der Waals surface area contributed by atoms with E-state index >= 15 is 0 Å². The molecule has 1 aliphatic carbocycles. The minimum absolute atomic E-state index is 0.0186. The average molecular weight is 581 g/mol. The van der Waals surface area contributed by atoms with Crippen LogP contribution < -0.4 is 4.74 Å². The van der Waals surface area contributed by atoms with Crippen LogP contribution in [0.1, 0.15) is 54.9 Å². The van der Waals surface area contributed by atoms with E-state index in [4.69, 9.17) is 14.2 Å². The fraction of sp³-hybridized carbons (Fsp3) is 0.312. The van der Waals surface area contributed by atoms with E-state index in [9.17, 15) is 9.59 Å². The predicted molar refractivity (Wildman–Crippen MR) is 158 cm³/mol. The van der Waals surface area contributed by atoms with Gasteiger partial charge < -0.3 is 14.2 Å². The highest BCUT2D eigenvalue weighted by Gasteiger charge is 2.30.